The van der Waals surface area contributed by atoms with Gasteiger partial charge in [0.05, 0.1) is 6.04 Å². The Balaban J connectivity index is 1.62. The number of hydrogen-bond donors (Lipinski definition) is 1. The minimum Gasteiger partial charge on any atom is -0.325 e. The zero-order valence-corrected chi connectivity index (χ0v) is 16.7. The van der Waals surface area contributed by atoms with Crippen molar-refractivity contribution in [1.29, 1.82) is 0 Å². The van der Waals surface area contributed by atoms with E-state index in [-0.39, 0.29) is 11.9 Å². The molecule has 2 fully saturated rings. The summed E-state index contributed by atoms with van der Waals surface area (Å²) in [5.74, 6) is 1.38. The van der Waals surface area contributed by atoms with Crippen LogP contribution in [0, 0.1) is 5.92 Å². The smallest absolute Gasteiger partial charge is 0.241 e. The minimum absolute atomic E-state index is 0.0294. The van der Waals surface area contributed by atoms with Gasteiger partial charge >= 0.3 is 0 Å². The molecule has 1 saturated carbocycles. The summed E-state index contributed by atoms with van der Waals surface area (Å²) in [5.41, 5.74) is 2.36. The normalized spacial score (nSPS) is 21.2. The summed E-state index contributed by atoms with van der Waals surface area (Å²) in [6.07, 6.45) is 6.24. The molecular formula is C22H35N3O. The van der Waals surface area contributed by atoms with Gasteiger partial charge in [-0.25, -0.2) is 0 Å². The summed E-state index contributed by atoms with van der Waals surface area (Å²) in [6.45, 7) is 8.43. The quantitative estimate of drug-likeness (QED) is 0.837. The fourth-order valence-corrected chi connectivity index (χ4v) is 4.33. The molecular weight excluding hydrogens is 322 g/mol. The number of carbonyl (C=O) groups is 1. The number of amides is 1. The van der Waals surface area contributed by atoms with Crippen LogP contribution in [0.5, 0.6) is 0 Å². The average Bonchev–Trinajstić information content (AvgIpc) is 3.15. The van der Waals surface area contributed by atoms with Crippen molar-refractivity contribution in [3.05, 3.63) is 29.8 Å². The van der Waals surface area contributed by atoms with E-state index >= 15 is 0 Å². The van der Waals surface area contributed by atoms with E-state index in [1.54, 1.807) is 0 Å². The van der Waals surface area contributed by atoms with Crippen LogP contribution in [0.25, 0.3) is 0 Å². The fraction of sp³-hybridized carbons (Fsp3) is 0.682. The number of nitrogens with one attached hydrogen (secondary N) is 1. The highest BCUT2D eigenvalue weighted by molar-refractivity contribution is 5.94. The molecule has 4 heteroatoms. The largest absolute Gasteiger partial charge is 0.325 e. The Morgan fingerprint density at radius 3 is 2.27 bits per heavy atom. The van der Waals surface area contributed by atoms with Crippen molar-refractivity contribution in [2.24, 2.45) is 5.92 Å². The molecule has 1 saturated heterocycles. The van der Waals surface area contributed by atoms with Crippen LogP contribution in [0.3, 0.4) is 0 Å². The summed E-state index contributed by atoms with van der Waals surface area (Å²) in [7, 11) is 2.15. The Bertz CT molecular complexity index is 570. The number of carbonyl (C=O) groups excluding carboxylic acids is 1. The second-order valence-electron chi connectivity index (χ2n) is 8.58. The van der Waals surface area contributed by atoms with Crippen molar-refractivity contribution in [1.82, 2.24) is 9.80 Å². The predicted molar refractivity (Wildman–Crippen MR) is 109 cm³/mol. The van der Waals surface area contributed by atoms with Crippen LogP contribution in [-0.4, -0.2) is 55.0 Å². The van der Waals surface area contributed by atoms with Gasteiger partial charge in [-0.3, -0.25) is 9.69 Å². The molecule has 1 aliphatic carbocycles. The van der Waals surface area contributed by atoms with Crippen molar-refractivity contribution in [2.75, 3.05) is 38.5 Å². The van der Waals surface area contributed by atoms with Crippen LogP contribution in [0.1, 0.15) is 57.4 Å². The van der Waals surface area contributed by atoms with Crippen LogP contribution in [-0.2, 0) is 4.79 Å². The lowest BCUT2D eigenvalue weighted by atomic mass is 9.97. The lowest BCUT2D eigenvalue weighted by Gasteiger charge is -2.37. The number of piperazine rings is 1. The van der Waals surface area contributed by atoms with Crippen LogP contribution in [0.15, 0.2) is 24.3 Å². The molecule has 0 unspecified atom stereocenters. The zero-order chi connectivity index (χ0) is 18.5. The van der Waals surface area contributed by atoms with Gasteiger partial charge < -0.3 is 10.2 Å². The van der Waals surface area contributed by atoms with E-state index in [2.05, 4.69) is 60.3 Å². The van der Waals surface area contributed by atoms with Gasteiger partial charge in [-0.2, -0.15) is 0 Å². The highest BCUT2D eigenvalue weighted by atomic mass is 16.2. The van der Waals surface area contributed by atoms with E-state index in [4.69, 9.17) is 0 Å². The highest BCUT2D eigenvalue weighted by Gasteiger charge is 2.29. The summed E-state index contributed by atoms with van der Waals surface area (Å²) < 4.78 is 0. The van der Waals surface area contributed by atoms with E-state index in [9.17, 15) is 4.79 Å². The first-order valence-corrected chi connectivity index (χ1v) is 10.4. The first-order valence-electron chi connectivity index (χ1n) is 10.4. The molecule has 26 heavy (non-hydrogen) atoms. The first kappa shape index (κ1) is 19.4. The molecule has 1 heterocycles. The van der Waals surface area contributed by atoms with Crippen LogP contribution in [0.2, 0.25) is 0 Å². The number of anilines is 1. The molecule has 0 aromatic heterocycles. The Hall–Kier alpha value is -1.39. The van der Waals surface area contributed by atoms with E-state index in [1.165, 1.54) is 31.2 Å². The maximum atomic E-state index is 13.0. The first-order chi connectivity index (χ1) is 12.5. The van der Waals surface area contributed by atoms with Crippen molar-refractivity contribution < 1.29 is 4.79 Å². The third-order valence-corrected chi connectivity index (χ3v) is 5.98. The number of benzene rings is 1. The van der Waals surface area contributed by atoms with Crippen LogP contribution >= 0.6 is 0 Å². The second-order valence-corrected chi connectivity index (χ2v) is 8.58. The van der Waals surface area contributed by atoms with Crippen molar-refractivity contribution in [3.63, 3.8) is 0 Å². The lowest BCUT2D eigenvalue weighted by Crippen LogP contribution is -2.53. The maximum Gasteiger partial charge on any atom is 0.241 e. The monoisotopic (exact) mass is 357 g/mol. The van der Waals surface area contributed by atoms with Gasteiger partial charge in [0, 0.05) is 31.9 Å². The molecule has 1 aromatic rings. The van der Waals surface area contributed by atoms with Gasteiger partial charge in [-0.1, -0.05) is 38.8 Å². The number of likely N-dealkylation sites (N-methyl/N-ethyl adjacent to an activating group) is 1. The Morgan fingerprint density at radius 2 is 1.69 bits per heavy atom. The summed E-state index contributed by atoms with van der Waals surface area (Å²) >= 11 is 0. The maximum absolute atomic E-state index is 13.0. The molecule has 3 rings (SSSR count). The van der Waals surface area contributed by atoms with Crippen molar-refractivity contribution in [3.8, 4) is 0 Å². The van der Waals surface area contributed by atoms with Gasteiger partial charge in [0.25, 0.3) is 0 Å². The zero-order valence-electron chi connectivity index (χ0n) is 16.7. The van der Waals surface area contributed by atoms with Crippen LogP contribution in [0.4, 0.5) is 5.69 Å². The van der Waals surface area contributed by atoms with Gasteiger partial charge in [-0.15, -0.1) is 0 Å². The number of nitrogens with zero attached hydrogens (tertiary/aromatic N) is 2. The van der Waals surface area contributed by atoms with Crippen molar-refractivity contribution in [2.45, 2.75) is 57.9 Å². The molecule has 0 spiro atoms. The standard InChI is InChI=1S/C22H35N3O/c1-17(2)16-21(25-14-12-24(3)13-15-25)22(26)23-20-10-8-19(9-11-20)18-6-4-5-7-18/h8-11,17-18,21H,4-7,12-16H2,1-3H3,(H,23,26)/t21-/m0/s1. The molecule has 1 aromatic carbocycles. The van der Waals surface area contributed by atoms with Crippen molar-refractivity contribution >= 4 is 11.6 Å². The summed E-state index contributed by atoms with van der Waals surface area (Å²) in [4.78, 5) is 17.7. The predicted octanol–water partition coefficient (Wildman–Crippen LogP) is 3.94. The summed E-state index contributed by atoms with van der Waals surface area (Å²) in [5, 5.41) is 3.18. The SMILES string of the molecule is CC(C)C[C@@H](C(=O)Nc1ccc(C2CCCC2)cc1)N1CCN(C)CC1. The third kappa shape index (κ3) is 5.08. The molecule has 1 atom stereocenters. The Morgan fingerprint density at radius 1 is 1.08 bits per heavy atom. The Labute approximate surface area is 158 Å². The topological polar surface area (TPSA) is 35.6 Å². The molecule has 2 aliphatic rings. The molecule has 144 valence electrons. The second kappa shape index (κ2) is 9.01. The Kier molecular flexibility index (Phi) is 6.71. The summed E-state index contributed by atoms with van der Waals surface area (Å²) in [6, 6.07) is 8.56. The lowest BCUT2D eigenvalue weighted by molar-refractivity contribution is -0.122. The molecule has 1 amide bonds. The highest BCUT2D eigenvalue weighted by Crippen LogP contribution is 2.34. The van der Waals surface area contributed by atoms with E-state index in [0.717, 1.165) is 44.2 Å². The third-order valence-electron chi connectivity index (χ3n) is 5.98. The molecule has 0 bridgehead atoms. The van der Waals surface area contributed by atoms with Gasteiger partial charge in [-0.05, 0) is 55.8 Å². The van der Waals surface area contributed by atoms with Gasteiger partial charge in [0.2, 0.25) is 5.91 Å². The van der Waals surface area contributed by atoms with Gasteiger partial charge in [0.15, 0.2) is 0 Å². The number of hydrogen-bond acceptors (Lipinski definition) is 3. The number of rotatable bonds is 6. The minimum atomic E-state index is -0.0294. The average molecular weight is 358 g/mol. The molecule has 0 radical (unpaired) electrons. The molecule has 1 aliphatic heterocycles. The van der Waals surface area contributed by atoms with E-state index in [0.29, 0.717) is 5.92 Å². The fourth-order valence-electron chi connectivity index (χ4n) is 4.33. The van der Waals surface area contributed by atoms with E-state index < -0.39 is 0 Å². The molecule has 1 N–H and O–H groups in total. The van der Waals surface area contributed by atoms with Crippen LogP contribution < -0.4 is 5.32 Å². The van der Waals surface area contributed by atoms with Gasteiger partial charge in [0.1, 0.15) is 0 Å². The molecule has 4 nitrogen and oxygen atoms in total. The van der Waals surface area contributed by atoms with E-state index in [1.807, 2.05) is 0 Å².